The van der Waals surface area contributed by atoms with Gasteiger partial charge in [-0.15, -0.1) is 0 Å². The fourth-order valence-electron chi connectivity index (χ4n) is 3.35. The van der Waals surface area contributed by atoms with Crippen LogP contribution in [0.2, 0.25) is 0 Å². The summed E-state index contributed by atoms with van der Waals surface area (Å²) in [5, 5.41) is 2.98. The van der Waals surface area contributed by atoms with Crippen LogP contribution in [0.4, 0.5) is 10.5 Å². The lowest BCUT2D eigenvalue weighted by Crippen LogP contribution is -2.50. The van der Waals surface area contributed by atoms with Crippen molar-refractivity contribution >= 4 is 11.7 Å². The molecule has 0 saturated carbocycles. The Morgan fingerprint density at radius 2 is 1.59 bits per heavy atom. The molecule has 0 spiro atoms. The number of nitrogens with one attached hydrogen (secondary N) is 1. The van der Waals surface area contributed by atoms with Gasteiger partial charge in [-0.1, -0.05) is 12.1 Å². The average molecular weight is 398 g/mol. The van der Waals surface area contributed by atoms with Gasteiger partial charge in [0, 0.05) is 38.4 Å². The van der Waals surface area contributed by atoms with E-state index < -0.39 is 0 Å². The number of piperazine rings is 1. The summed E-state index contributed by atoms with van der Waals surface area (Å²) in [6, 6.07) is 15.7. The summed E-state index contributed by atoms with van der Waals surface area (Å²) in [7, 11) is 1.68. The number of urea groups is 1. The number of benzene rings is 2. The number of amides is 2. The minimum Gasteiger partial charge on any atom is -0.497 e. The minimum atomic E-state index is -0.0441. The highest BCUT2D eigenvalue weighted by molar-refractivity contribution is 5.89. The van der Waals surface area contributed by atoms with Gasteiger partial charge in [-0.05, 0) is 62.2 Å². The largest absolute Gasteiger partial charge is 0.497 e. The number of carbonyl (C=O) groups excluding carboxylic acids is 1. The minimum absolute atomic E-state index is 0.0441. The van der Waals surface area contributed by atoms with E-state index in [1.807, 2.05) is 55.1 Å². The molecule has 6 heteroatoms. The first-order valence-corrected chi connectivity index (χ1v) is 10.2. The smallest absolute Gasteiger partial charge is 0.321 e. The summed E-state index contributed by atoms with van der Waals surface area (Å²) in [6.45, 7) is 8.25. The van der Waals surface area contributed by atoms with Crippen molar-refractivity contribution in [3.63, 3.8) is 0 Å². The van der Waals surface area contributed by atoms with Crippen LogP contribution in [0.5, 0.6) is 11.5 Å². The fourth-order valence-corrected chi connectivity index (χ4v) is 3.35. The molecule has 156 valence electrons. The van der Waals surface area contributed by atoms with Crippen LogP contribution in [-0.4, -0.2) is 61.8 Å². The molecule has 6 nitrogen and oxygen atoms in total. The topological polar surface area (TPSA) is 54.0 Å². The number of hydrogen-bond donors (Lipinski definition) is 1. The normalized spacial score (nSPS) is 14.7. The van der Waals surface area contributed by atoms with Crippen LogP contribution in [0.1, 0.15) is 19.4 Å². The standard InChI is InChI=1S/C23H31N3O3/c1-18(2)29-22-10-6-20(7-11-22)24-23(27)26-16-14-25(15-17-26)13-12-19-4-8-21(28-3)9-5-19/h4-11,18H,12-17H2,1-3H3,(H,24,27). The molecule has 1 fully saturated rings. The molecule has 3 rings (SSSR count). The van der Waals surface area contributed by atoms with E-state index in [1.54, 1.807) is 7.11 Å². The van der Waals surface area contributed by atoms with E-state index in [2.05, 4.69) is 22.3 Å². The third kappa shape index (κ3) is 6.39. The van der Waals surface area contributed by atoms with Gasteiger partial charge < -0.3 is 19.7 Å². The van der Waals surface area contributed by atoms with Crippen molar-refractivity contribution in [1.82, 2.24) is 9.80 Å². The maximum absolute atomic E-state index is 12.5. The van der Waals surface area contributed by atoms with E-state index in [9.17, 15) is 4.79 Å². The van der Waals surface area contributed by atoms with Gasteiger partial charge in [0.25, 0.3) is 0 Å². The highest BCUT2D eigenvalue weighted by Crippen LogP contribution is 2.18. The third-order valence-corrected chi connectivity index (χ3v) is 5.01. The van der Waals surface area contributed by atoms with Gasteiger partial charge in [0.05, 0.1) is 13.2 Å². The quantitative estimate of drug-likeness (QED) is 0.771. The number of carbonyl (C=O) groups is 1. The van der Waals surface area contributed by atoms with Crippen molar-refractivity contribution in [2.45, 2.75) is 26.4 Å². The summed E-state index contributed by atoms with van der Waals surface area (Å²) >= 11 is 0. The highest BCUT2D eigenvalue weighted by Gasteiger charge is 2.21. The Hall–Kier alpha value is -2.73. The Morgan fingerprint density at radius 3 is 2.17 bits per heavy atom. The van der Waals surface area contributed by atoms with E-state index >= 15 is 0 Å². The first kappa shape index (κ1) is 21.0. The summed E-state index contributed by atoms with van der Waals surface area (Å²) in [4.78, 5) is 16.8. The van der Waals surface area contributed by atoms with Crippen molar-refractivity contribution in [3.8, 4) is 11.5 Å². The SMILES string of the molecule is COc1ccc(CCN2CCN(C(=O)Nc3ccc(OC(C)C)cc3)CC2)cc1. The maximum atomic E-state index is 12.5. The molecule has 1 N–H and O–H groups in total. The molecule has 2 aromatic carbocycles. The summed E-state index contributed by atoms with van der Waals surface area (Å²) in [5.41, 5.74) is 2.09. The van der Waals surface area contributed by atoms with E-state index in [0.717, 1.165) is 56.3 Å². The van der Waals surface area contributed by atoms with Gasteiger partial charge in [-0.3, -0.25) is 4.90 Å². The predicted octanol–water partition coefficient (Wildman–Crippen LogP) is 3.87. The molecule has 1 saturated heterocycles. The summed E-state index contributed by atoms with van der Waals surface area (Å²) in [5.74, 6) is 1.69. The molecule has 1 heterocycles. The number of anilines is 1. The van der Waals surface area contributed by atoms with E-state index in [1.165, 1.54) is 5.56 Å². The lowest BCUT2D eigenvalue weighted by atomic mass is 10.1. The molecule has 0 aromatic heterocycles. The lowest BCUT2D eigenvalue weighted by Gasteiger charge is -2.34. The molecular formula is C23H31N3O3. The Morgan fingerprint density at radius 1 is 0.966 bits per heavy atom. The molecule has 29 heavy (non-hydrogen) atoms. The molecule has 2 amide bonds. The molecule has 0 unspecified atom stereocenters. The van der Waals surface area contributed by atoms with Crippen LogP contribution in [0.3, 0.4) is 0 Å². The Kier molecular flexibility index (Phi) is 7.36. The van der Waals surface area contributed by atoms with Gasteiger partial charge in [0.2, 0.25) is 0 Å². The lowest BCUT2D eigenvalue weighted by molar-refractivity contribution is 0.148. The number of nitrogens with zero attached hydrogens (tertiary/aromatic N) is 2. The number of methoxy groups -OCH3 is 1. The van der Waals surface area contributed by atoms with E-state index in [-0.39, 0.29) is 12.1 Å². The van der Waals surface area contributed by atoms with Crippen LogP contribution < -0.4 is 14.8 Å². The second kappa shape index (κ2) is 10.2. The first-order chi connectivity index (χ1) is 14.0. The van der Waals surface area contributed by atoms with Gasteiger partial charge in [-0.2, -0.15) is 0 Å². The number of ether oxygens (including phenoxy) is 2. The van der Waals surface area contributed by atoms with Crippen LogP contribution in [-0.2, 0) is 6.42 Å². The van der Waals surface area contributed by atoms with Gasteiger partial charge in [0.1, 0.15) is 11.5 Å². The Bertz CT molecular complexity index is 767. The number of rotatable bonds is 7. The van der Waals surface area contributed by atoms with Crippen LogP contribution >= 0.6 is 0 Å². The first-order valence-electron chi connectivity index (χ1n) is 10.2. The molecule has 0 atom stereocenters. The second-order valence-electron chi connectivity index (χ2n) is 7.55. The van der Waals surface area contributed by atoms with Crippen LogP contribution in [0.25, 0.3) is 0 Å². The van der Waals surface area contributed by atoms with Crippen LogP contribution in [0.15, 0.2) is 48.5 Å². The molecule has 0 aliphatic carbocycles. The van der Waals surface area contributed by atoms with Crippen molar-refractivity contribution in [3.05, 3.63) is 54.1 Å². The third-order valence-electron chi connectivity index (χ3n) is 5.01. The maximum Gasteiger partial charge on any atom is 0.321 e. The molecule has 0 radical (unpaired) electrons. The zero-order valence-corrected chi connectivity index (χ0v) is 17.6. The molecule has 0 bridgehead atoms. The zero-order chi connectivity index (χ0) is 20.6. The summed E-state index contributed by atoms with van der Waals surface area (Å²) < 4.78 is 10.8. The van der Waals surface area contributed by atoms with Gasteiger partial charge >= 0.3 is 6.03 Å². The van der Waals surface area contributed by atoms with Crippen molar-refractivity contribution in [2.24, 2.45) is 0 Å². The van der Waals surface area contributed by atoms with Crippen LogP contribution in [0, 0.1) is 0 Å². The predicted molar refractivity (Wildman–Crippen MR) is 116 cm³/mol. The van der Waals surface area contributed by atoms with Gasteiger partial charge in [0.15, 0.2) is 0 Å². The fraction of sp³-hybridized carbons (Fsp3) is 0.435. The monoisotopic (exact) mass is 397 g/mol. The molecule has 1 aliphatic rings. The second-order valence-corrected chi connectivity index (χ2v) is 7.55. The van der Waals surface area contributed by atoms with Crippen molar-refractivity contribution < 1.29 is 14.3 Å². The zero-order valence-electron chi connectivity index (χ0n) is 17.6. The molecule has 1 aliphatic heterocycles. The summed E-state index contributed by atoms with van der Waals surface area (Å²) in [6.07, 6.45) is 1.14. The van der Waals surface area contributed by atoms with Crippen molar-refractivity contribution in [2.75, 3.05) is 45.2 Å². The highest BCUT2D eigenvalue weighted by atomic mass is 16.5. The Labute approximate surface area is 173 Å². The average Bonchev–Trinajstić information content (AvgIpc) is 2.74. The Balaban J connectivity index is 1.40. The molecule has 2 aromatic rings. The van der Waals surface area contributed by atoms with Gasteiger partial charge in [-0.25, -0.2) is 4.79 Å². The van der Waals surface area contributed by atoms with E-state index in [0.29, 0.717) is 0 Å². The molecular weight excluding hydrogens is 366 g/mol. The number of hydrogen-bond acceptors (Lipinski definition) is 4. The van der Waals surface area contributed by atoms with E-state index in [4.69, 9.17) is 9.47 Å². The van der Waals surface area contributed by atoms with Crippen molar-refractivity contribution in [1.29, 1.82) is 0 Å².